The van der Waals surface area contributed by atoms with E-state index in [0.717, 1.165) is 5.56 Å². The lowest BCUT2D eigenvalue weighted by molar-refractivity contribution is -0.134. The lowest BCUT2D eigenvalue weighted by Gasteiger charge is -2.09. The van der Waals surface area contributed by atoms with E-state index >= 15 is 0 Å². The number of carbonyl (C=O) groups excluding carboxylic acids is 1. The van der Waals surface area contributed by atoms with Gasteiger partial charge in [-0.1, -0.05) is 54.1 Å². The number of carbonyl (C=O) groups is 3. The standard InChI is InChI=1S/C19H16O5/c1-12-6-5-9-14(10-12)16(20)11-15(18(21)22)17(19(23)24)13-7-3-2-4-8-13/h2-10H,11H2,1H3,(H,21,22)(H,23,24). The number of benzene rings is 2. The number of carboxylic acids is 2. The Kier molecular flexibility index (Phi) is 5.27. The predicted molar refractivity (Wildman–Crippen MR) is 88.8 cm³/mol. The van der Waals surface area contributed by atoms with Crippen LogP contribution in [0, 0.1) is 6.92 Å². The van der Waals surface area contributed by atoms with Crippen molar-refractivity contribution in [2.75, 3.05) is 0 Å². The van der Waals surface area contributed by atoms with Gasteiger partial charge in [0.15, 0.2) is 5.78 Å². The van der Waals surface area contributed by atoms with Gasteiger partial charge in [0.05, 0.1) is 11.1 Å². The van der Waals surface area contributed by atoms with Gasteiger partial charge in [-0.25, -0.2) is 9.59 Å². The van der Waals surface area contributed by atoms with Crippen LogP contribution < -0.4 is 0 Å². The highest BCUT2D eigenvalue weighted by atomic mass is 16.4. The van der Waals surface area contributed by atoms with Crippen molar-refractivity contribution in [1.29, 1.82) is 0 Å². The zero-order chi connectivity index (χ0) is 17.7. The van der Waals surface area contributed by atoms with E-state index in [1.54, 1.807) is 36.4 Å². The van der Waals surface area contributed by atoms with Gasteiger partial charge < -0.3 is 10.2 Å². The van der Waals surface area contributed by atoms with E-state index < -0.39 is 29.7 Å². The second kappa shape index (κ2) is 7.37. The summed E-state index contributed by atoms with van der Waals surface area (Å²) in [6, 6.07) is 14.7. The maximum absolute atomic E-state index is 12.4. The first-order valence-electron chi connectivity index (χ1n) is 7.25. The van der Waals surface area contributed by atoms with Gasteiger partial charge in [0, 0.05) is 12.0 Å². The first-order valence-corrected chi connectivity index (χ1v) is 7.25. The number of carboxylic acid groups (broad SMARTS) is 2. The molecule has 0 fully saturated rings. The topological polar surface area (TPSA) is 91.7 Å². The monoisotopic (exact) mass is 324 g/mol. The molecule has 0 amide bonds. The van der Waals surface area contributed by atoms with Gasteiger partial charge in [-0.3, -0.25) is 4.79 Å². The third-order valence-electron chi connectivity index (χ3n) is 3.51. The summed E-state index contributed by atoms with van der Waals surface area (Å²) in [5, 5.41) is 18.9. The minimum absolute atomic E-state index is 0.249. The van der Waals surface area contributed by atoms with E-state index in [9.17, 15) is 24.6 Å². The van der Waals surface area contributed by atoms with Gasteiger partial charge in [-0.05, 0) is 18.6 Å². The molecule has 2 rings (SSSR count). The smallest absolute Gasteiger partial charge is 0.336 e. The van der Waals surface area contributed by atoms with Gasteiger partial charge in [0.25, 0.3) is 0 Å². The third kappa shape index (κ3) is 3.95. The summed E-state index contributed by atoms with van der Waals surface area (Å²) in [4.78, 5) is 35.5. The van der Waals surface area contributed by atoms with Crippen LogP contribution in [0.15, 0.2) is 60.2 Å². The summed E-state index contributed by atoms with van der Waals surface area (Å²) in [6.07, 6.45) is -0.491. The summed E-state index contributed by atoms with van der Waals surface area (Å²) < 4.78 is 0. The first kappa shape index (κ1) is 17.1. The van der Waals surface area contributed by atoms with Crippen LogP contribution in [0.4, 0.5) is 0 Å². The quantitative estimate of drug-likeness (QED) is 0.629. The molecule has 2 aromatic rings. The fourth-order valence-corrected chi connectivity index (χ4v) is 2.38. The van der Waals surface area contributed by atoms with Crippen LogP contribution in [0.1, 0.15) is 27.9 Å². The maximum atomic E-state index is 12.4. The molecule has 5 heteroatoms. The van der Waals surface area contributed by atoms with E-state index in [2.05, 4.69) is 0 Å². The van der Waals surface area contributed by atoms with E-state index in [1.807, 2.05) is 13.0 Å². The molecule has 0 unspecified atom stereocenters. The number of hydrogen-bond donors (Lipinski definition) is 2. The molecular formula is C19H16O5. The van der Waals surface area contributed by atoms with Gasteiger partial charge in [-0.2, -0.15) is 0 Å². The van der Waals surface area contributed by atoms with Gasteiger partial charge in [0.1, 0.15) is 0 Å². The van der Waals surface area contributed by atoms with Crippen LogP contribution in [0.3, 0.4) is 0 Å². The molecule has 0 aliphatic carbocycles. The van der Waals surface area contributed by atoms with Crippen molar-refractivity contribution in [3.63, 3.8) is 0 Å². The summed E-state index contributed by atoms with van der Waals surface area (Å²) >= 11 is 0. The molecular weight excluding hydrogens is 308 g/mol. The largest absolute Gasteiger partial charge is 0.478 e. The number of rotatable bonds is 6. The van der Waals surface area contributed by atoms with Crippen LogP contribution in [-0.2, 0) is 9.59 Å². The molecule has 0 radical (unpaired) electrons. The van der Waals surface area contributed by atoms with Crippen molar-refractivity contribution < 1.29 is 24.6 Å². The fourth-order valence-electron chi connectivity index (χ4n) is 2.38. The van der Waals surface area contributed by atoms with E-state index in [0.29, 0.717) is 5.56 Å². The minimum atomic E-state index is -1.42. The Morgan fingerprint density at radius 1 is 0.833 bits per heavy atom. The highest BCUT2D eigenvalue weighted by molar-refractivity contribution is 6.23. The zero-order valence-electron chi connectivity index (χ0n) is 13.0. The lowest BCUT2D eigenvalue weighted by atomic mass is 9.94. The Labute approximate surface area is 138 Å². The Bertz CT molecular complexity index is 819. The van der Waals surface area contributed by atoms with Crippen LogP contribution in [0.25, 0.3) is 5.57 Å². The van der Waals surface area contributed by atoms with Gasteiger partial charge >= 0.3 is 11.9 Å². The predicted octanol–water partition coefficient (Wildman–Crippen LogP) is 3.19. The van der Waals surface area contributed by atoms with Crippen LogP contribution in [0.5, 0.6) is 0 Å². The van der Waals surface area contributed by atoms with Crippen LogP contribution >= 0.6 is 0 Å². The number of Topliss-reactive ketones (excluding diaryl/α,β-unsaturated/α-hetero) is 1. The normalized spacial score (nSPS) is 11.5. The van der Waals surface area contributed by atoms with Crippen molar-refractivity contribution >= 4 is 23.3 Å². The molecule has 5 nitrogen and oxygen atoms in total. The molecule has 122 valence electrons. The fraction of sp³-hybridized carbons (Fsp3) is 0.105. The highest BCUT2D eigenvalue weighted by Gasteiger charge is 2.24. The Hall–Kier alpha value is -3.21. The summed E-state index contributed by atoms with van der Waals surface area (Å²) in [7, 11) is 0. The van der Waals surface area contributed by atoms with Crippen molar-refractivity contribution in [2.45, 2.75) is 13.3 Å². The highest BCUT2D eigenvalue weighted by Crippen LogP contribution is 2.23. The number of aryl methyl sites for hydroxylation is 1. The Morgan fingerprint density at radius 3 is 2.00 bits per heavy atom. The molecule has 0 aliphatic heterocycles. The molecule has 0 atom stereocenters. The first-order chi connectivity index (χ1) is 11.4. The molecule has 0 spiro atoms. The molecule has 0 bridgehead atoms. The Morgan fingerprint density at radius 2 is 1.46 bits per heavy atom. The third-order valence-corrected chi connectivity index (χ3v) is 3.51. The second-order valence-electron chi connectivity index (χ2n) is 5.30. The van der Waals surface area contributed by atoms with Gasteiger partial charge in [0.2, 0.25) is 0 Å². The van der Waals surface area contributed by atoms with Crippen molar-refractivity contribution in [3.8, 4) is 0 Å². The summed E-state index contributed by atoms with van der Waals surface area (Å²) in [5.74, 6) is -3.24. The molecule has 2 aromatic carbocycles. The lowest BCUT2D eigenvalue weighted by Crippen LogP contribution is -2.14. The summed E-state index contributed by atoms with van der Waals surface area (Å²) in [5.41, 5.74) is 0.665. The zero-order valence-corrected chi connectivity index (χ0v) is 13.0. The number of aliphatic carboxylic acids is 2. The molecule has 24 heavy (non-hydrogen) atoms. The number of hydrogen-bond acceptors (Lipinski definition) is 3. The van der Waals surface area contributed by atoms with Crippen LogP contribution in [-0.4, -0.2) is 27.9 Å². The maximum Gasteiger partial charge on any atom is 0.336 e. The average Bonchev–Trinajstić information content (AvgIpc) is 2.54. The van der Waals surface area contributed by atoms with Crippen molar-refractivity contribution in [3.05, 3.63) is 76.9 Å². The van der Waals surface area contributed by atoms with E-state index in [1.165, 1.54) is 12.1 Å². The molecule has 0 heterocycles. The second-order valence-corrected chi connectivity index (χ2v) is 5.30. The average molecular weight is 324 g/mol. The number of ketones is 1. The Balaban J connectivity index is 2.49. The molecule has 0 saturated heterocycles. The van der Waals surface area contributed by atoms with Crippen molar-refractivity contribution in [2.24, 2.45) is 0 Å². The van der Waals surface area contributed by atoms with Crippen LogP contribution in [0.2, 0.25) is 0 Å². The molecule has 0 aromatic heterocycles. The SMILES string of the molecule is Cc1cccc(C(=O)CC(C(=O)O)=C(C(=O)O)c2ccccc2)c1. The van der Waals surface area contributed by atoms with E-state index in [-0.39, 0.29) is 11.1 Å². The van der Waals surface area contributed by atoms with Gasteiger partial charge in [-0.15, -0.1) is 0 Å². The molecule has 0 saturated carbocycles. The van der Waals surface area contributed by atoms with Crippen molar-refractivity contribution in [1.82, 2.24) is 0 Å². The van der Waals surface area contributed by atoms with E-state index in [4.69, 9.17) is 0 Å². The molecule has 2 N–H and O–H groups in total. The minimum Gasteiger partial charge on any atom is -0.478 e. The molecule has 0 aliphatic rings. The summed E-state index contributed by atoms with van der Waals surface area (Å²) in [6.45, 7) is 1.82.